The van der Waals surface area contributed by atoms with Crippen molar-refractivity contribution in [3.8, 4) is 11.8 Å². The molecule has 0 spiro atoms. The largest absolute Gasteiger partial charge is 0.462 e. The Morgan fingerprint density at radius 2 is 1.37 bits per heavy atom. The number of carbonyl (C=O) groups excluding carboxylic acids is 3. The Kier molecular flexibility index (Phi) is 29.7. The first-order valence-electron chi connectivity index (χ1n) is 19.7. The third kappa shape index (κ3) is 35.8. The second kappa shape index (κ2) is 31.1. The van der Waals surface area contributed by atoms with Crippen molar-refractivity contribution in [2.45, 2.75) is 200 Å². The predicted octanol–water partition coefficient (Wildman–Crippen LogP) is 8.55. The summed E-state index contributed by atoms with van der Waals surface area (Å²) in [6, 6.07) is 0. The maximum absolute atomic E-state index is 12.3. The molecule has 0 radical (unpaired) electrons. The maximum Gasteiger partial charge on any atom is 0.318 e. The van der Waals surface area contributed by atoms with Crippen LogP contribution in [0, 0.1) is 11.8 Å². The lowest BCUT2D eigenvalue weighted by atomic mass is 9.93. The van der Waals surface area contributed by atoms with Crippen molar-refractivity contribution in [1.29, 1.82) is 0 Å². The van der Waals surface area contributed by atoms with Crippen LogP contribution >= 0.6 is 0 Å². The van der Waals surface area contributed by atoms with Gasteiger partial charge in [-0.05, 0) is 52.4 Å². The number of nitrogens with one attached hydrogen (secondary N) is 1. The first kappa shape index (κ1) is 48.6. The standard InChI is InChI=1S/C40H71NO9S/c1-5-6-7-8-9-10-11-12-13-14-15-16-17-18-19-20-21-22-23-24-25-26-29-39(44)49-35(2)33-37(50-36(3)42)28-27-30-40(4,45)34-38(43)41-31-32-51(46,47)48/h21-22,35,37,45H,5-20,23-24,27-34H2,1-4H3,(H,41,43)(H,46,47,48)/b22-21+/t35-,37+,40-/m0/s1. The lowest BCUT2D eigenvalue weighted by Crippen LogP contribution is -2.36. The van der Waals surface area contributed by atoms with E-state index in [1.807, 2.05) is 0 Å². The Bertz CT molecular complexity index is 1120. The van der Waals surface area contributed by atoms with Crippen LogP contribution in [0.1, 0.15) is 182 Å². The molecule has 0 rings (SSSR count). The van der Waals surface area contributed by atoms with Gasteiger partial charge < -0.3 is 19.9 Å². The van der Waals surface area contributed by atoms with Crippen LogP contribution in [0.2, 0.25) is 0 Å². The van der Waals surface area contributed by atoms with E-state index >= 15 is 0 Å². The maximum atomic E-state index is 12.3. The third-order valence-electron chi connectivity index (χ3n) is 8.66. The summed E-state index contributed by atoms with van der Waals surface area (Å²) in [5.74, 6) is 3.82. The Morgan fingerprint density at radius 1 is 0.824 bits per heavy atom. The molecule has 0 bridgehead atoms. The summed E-state index contributed by atoms with van der Waals surface area (Å²) in [6.45, 7) is 6.51. The zero-order valence-electron chi connectivity index (χ0n) is 32.4. The number of unbranched alkanes of at least 4 members (excludes halogenated alkanes) is 16. The molecule has 0 unspecified atom stereocenters. The van der Waals surface area contributed by atoms with Gasteiger partial charge >= 0.3 is 11.9 Å². The normalized spacial score (nSPS) is 13.9. The highest BCUT2D eigenvalue weighted by atomic mass is 32.2. The minimum Gasteiger partial charge on any atom is -0.462 e. The molecule has 296 valence electrons. The van der Waals surface area contributed by atoms with Crippen LogP contribution in [-0.4, -0.2) is 66.0 Å². The van der Waals surface area contributed by atoms with Crippen molar-refractivity contribution in [3.05, 3.63) is 12.2 Å². The van der Waals surface area contributed by atoms with E-state index in [4.69, 9.17) is 14.0 Å². The van der Waals surface area contributed by atoms with Gasteiger partial charge in [0.05, 0.1) is 17.8 Å². The highest BCUT2D eigenvalue weighted by molar-refractivity contribution is 7.85. The summed E-state index contributed by atoms with van der Waals surface area (Å²) in [5, 5.41) is 12.9. The van der Waals surface area contributed by atoms with Gasteiger partial charge in [0.2, 0.25) is 5.91 Å². The van der Waals surface area contributed by atoms with Crippen LogP contribution in [0.3, 0.4) is 0 Å². The molecule has 1 amide bonds. The van der Waals surface area contributed by atoms with Crippen LogP contribution in [0.4, 0.5) is 0 Å². The zero-order valence-corrected chi connectivity index (χ0v) is 33.2. The SMILES string of the molecule is CCCCCCCCCCCCCCCCC/C=C/CCC#CCC(=O)O[C@@H](C)C[C@@H](CCC[C@](C)(O)CC(=O)NCCS(=O)(=O)O)OC(C)=O. The van der Waals surface area contributed by atoms with E-state index in [0.717, 1.165) is 12.8 Å². The van der Waals surface area contributed by atoms with Crippen LogP contribution in [0.5, 0.6) is 0 Å². The van der Waals surface area contributed by atoms with Crippen molar-refractivity contribution in [2.75, 3.05) is 12.3 Å². The smallest absolute Gasteiger partial charge is 0.318 e. The zero-order chi connectivity index (χ0) is 38.2. The number of hydrogen-bond acceptors (Lipinski definition) is 8. The molecule has 0 aromatic heterocycles. The summed E-state index contributed by atoms with van der Waals surface area (Å²) in [4.78, 5) is 35.9. The lowest BCUT2D eigenvalue weighted by Gasteiger charge is -2.25. The van der Waals surface area contributed by atoms with Crippen LogP contribution < -0.4 is 5.32 Å². The van der Waals surface area contributed by atoms with Crippen LogP contribution in [-0.2, 0) is 34.0 Å². The van der Waals surface area contributed by atoms with Gasteiger partial charge in [-0.15, -0.1) is 5.92 Å². The van der Waals surface area contributed by atoms with Crippen molar-refractivity contribution in [1.82, 2.24) is 5.32 Å². The van der Waals surface area contributed by atoms with Gasteiger partial charge in [0, 0.05) is 26.3 Å². The van der Waals surface area contributed by atoms with Gasteiger partial charge in [-0.25, -0.2) is 0 Å². The summed E-state index contributed by atoms with van der Waals surface area (Å²) in [6.07, 6.45) is 27.6. The predicted molar refractivity (Wildman–Crippen MR) is 205 cm³/mol. The molecule has 0 aliphatic rings. The summed E-state index contributed by atoms with van der Waals surface area (Å²) < 4.78 is 41.2. The monoisotopic (exact) mass is 741 g/mol. The fraction of sp³-hybridized carbons (Fsp3) is 0.825. The van der Waals surface area contributed by atoms with Gasteiger partial charge in [0.1, 0.15) is 18.6 Å². The van der Waals surface area contributed by atoms with Gasteiger partial charge in [-0.3, -0.25) is 18.9 Å². The van der Waals surface area contributed by atoms with E-state index in [-0.39, 0.29) is 32.2 Å². The number of ether oxygens (including phenoxy) is 2. The van der Waals surface area contributed by atoms with E-state index in [0.29, 0.717) is 19.3 Å². The number of carbonyl (C=O) groups is 3. The molecule has 0 aromatic carbocycles. The van der Waals surface area contributed by atoms with E-state index in [2.05, 4.69) is 36.2 Å². The Morgan fingerprint density at radius 3 is 1.92 bits per heavy atom. The molecule has 3 N–H and O–H groups in total. The lowest BCUT2D eigenvalue weighted by molar-refractivity contribution is -0.153. The Balaban J connectivity index is 4.04. The molecule has 0 fully saturated rings. The molecule has 0 aromatic rings. The minimum atomic E-state index is -4.19. The Hall–Kier alpha value is -2.42. The fourth-order valence-corrected chi connectivity index (χ4v) is 6.28. The van der Waals surface area contributed by atoms with Crippen molar-refractivity contribution in [3.63, 3.8) is 0 Å². The second-order valence-corrected chi connectivity index (χ2v) is 15.8. The molecule has 11 heteroatoms. The summed E-state index contributed by atoms with van der Waals surface area (Å²) in [5.41, 5.74) is -1.37. The Labute approximate surface area is 310 Å². The van der Waals surface area contributed by atoms with E-state index in [1.165, 1.54) is 110 Å². The molecule has 10 nitrogen and oxygen atoms in total. The first-order valence-corrected chi connectivity index (χ1v) is 21.3. The number of hydrogen-bond donors (Lipinski definition) is 3. The van der Waals surface area contributed by atoms with Gasteiger partial charge in [-0.1, -0.05) is 115 Å². The molecule has 0 heterocycles. The van der Waals surface area contributed by atoms with Crippen LogP contribution in [0.25, 0.3) is 0 Å². The number of allylic oxidation sites excluding steroid dienone is 2. The fourth-order valence-electron chi connectivity index (χ4n) is 5.92. The van der Waals surface area contributed by atoms with Gasteiger partial charge in [0.25, 0.3) is 10.1 Å². The molecule has 0 saturated carbocycles. The molecule has 0 saturated heterocycles. The number of amides is 1. The second-order valence-electron chi connectivity index (χ2n) is 14.2. The highest BCUT2D eigenvalue weighted by Gasteiger charge is 2.26. The number of rotatable bonds is 32. The van der Waals surface area contributed by atoms with E-state index < -0.39 is 51.5 Å². The number of aliphatic hydroxyl groups is 1. The molecule has 3 atom stereocenters. The molecule has 51 heavy (non-hydrogen) atoms. The van der Waals surface area contributed by atoms with Gasteiger partial charge in [-0.2, -0.15) is 8.42 Å². The highest BCUT2D eigenvalue weighted by Crippen LogP contribution is 2.21. The topological polar surface area (TPSA) is 156 Å². The van der Waals surface area contributed by atoms with Crippen LogP contribution in [0.15, 0.2) is 12.2 Å². The summed E-state index contributed by atoms with van der Waals surface area (Å²) >= 11 is 0. The van der Waals surface area contributed by atoms with Crippen molar-refractivity contribution in [2.24, 2.45) is 0 Å². The molecular weight excluding hydrogens is 671 g/mol. The van der Waals surface area contributed by atoms with Gasteiger partial charge in [0.15, 0.2) is 0 Å². The first-order chi connectivity index (χ1) is 24.2. The minimum absolute atomic E-state index is 0.0133. The number of esters is 2. The molecule has 0 aliphatic carbocycles. The average Bonchev–Trinajstić information content (AvgIpc) is 3.02. The molecule has 0 aliphatic heterocycles. The van der Waals surface area contributed by atoms with E-state index in [1.54, 1.807) is 6.92 Å². The van der Waals surface area contributed by atoms with E-state index in [9.17, 15) is 27.9 Å². The third-order valence-corrected chi connectivity index (χ3v) is 9.38. The summed E-state index contributed by atoms with van der Waals surface area (Å²) in [7, 11) is -4.19. The average molecular weight is 742 g/mol. The van der Waals surface area contributed by atoms with Crippen molar-refractivity contribution >= 4 is 28.0 Å². The quantitative estimate of drug-likeness (QED) is 0.0202. The molecular formula is C40H71NO9S. The van der Waals surface area contributed by atoms with Crippen molar-refractivity contribution < 1.29 is 41.9 Å².